The van der Waals surface area contributed by atoms with Crippen LogP contribution in [-0.2, 0) is 0 Å². The molecule has 1 N–H and O–H groups in total. The van der Waals surface area contributed by atoms with Crippen LogP contribution < -0.4 is 19.1 Å². The number of piperidine rings is 1. The number of furan rings is 1. The van der Waals surface area contributed by atoms with Crippen molar-refractivity contribution >= 4 is 16.7 Å². The molecular formula is C20H23N3O5. The van der Waals surface area contributed by atoms with E-state index >= 15 is 0 Å². The van der Waals surface area contributed by atoms with Crippen molar-refractivity contribution in [3.63, 3.8) is 0 Å². The molecule has 2 atom stereocenters. The fourth-order valence-electron chi connectivity index (χ4n) is 3.85. The zero-order valence-electron chi connectivity index (χ0n) is 16.1. The number of nitrogens with zero attached hydrogens (tertiary/aromatic N) is 3. The highest BCUT2D eigenvalue weighted by Crippen LogP contribution is 2.45. The predicted molar refractivity (Wildman–Crippen MR) is 103 cm³/mol. The highest BCUT2D eigenvalue weighted by molar-refractivity contribution is 5.97. The summed E-state index contributed by atoms with van der Waals surface area (Å²) in [5.74, 6) is 3.18. The fraction of sp³-hybridized carbons (Fsp3) is 0.400. The Morgan fingerprint density at radius 2 is 1.96 bits per heavy atom. The Morgan fingerprint density at radius 3 is 2.61 bits per heavy atom. The molecule has 0 saturated carbocycles. The Balaban J connectivity index is 1.75. The second-order valence-electron chi connectivity index (χ2n) is 6.65. The number of fused-ring (bicyclic) bond motifs is 1. The van der Waals surface area contributed by atoms with Crippen molar-refractivity contribution in [1.82, 2.24) is 9.97 Å². The summed E-state index contributed by atoms with van der Waals surface area (Å²) in [5, 5.41) is 11.6. The maximum atomic E-state index is 10.8. The molecule has 1 aromatic carbocycles. The highest BCUT2D eigenvalue weighted by atomic mass is 16.5. The minimum atomic E-state index is -0.693. The Bertz CT molecular complexity index is 960. The molecule has 1 fully saturated rings. The summed E-state index contributed by atoms with van der Waals surface area (Å²) in [5.41, 5.74) is 0.602. The van der Waals surface area contributed by atoms with Crippen LogP contribution in [0.1, 0.15) is 24.5 Å². The van der Waals surface area contributed by atoms with E-state index in [1.807, 2.05) is 23.1 Å². The fourth-order valence-corrected chi connectivity index (χ4v) is 3.85. The molecule has 2 aromatic heterocycles. The number of hydrogen-bond acceptors (Lipinski definition) is 8. The third kappa shape index (κ3) is 2.99. The second-order valence-corrected chi connectivity index (χ2v) is 6.65. The average molecular weight is 385 g/mol. The molecule has 0 radical (unpaired) electrons. The van der Waals surface area contributed by atoms with E-state index in [0.29, 0.717) is 41.5 Å². The lowest BCUT2D eigenvalue weighted by atomic mass is 9.93. The van der Waals surface area contributed by atoms with Gasteiger partial charge in [-0.2, -0.15) is 0 Å². The molecule has 1 saturated heterocycles. The topological polar surface area (TPSA) is 90.1 Å². The summed E-state index contributed by atoms with van der Waals surface area (Å²) in [6, 6.07) is 5.64. The van der Waals surface area contributed by atoms with Crippen LogP contribution in [0.15, 0.2) is 35.2 Å². The van der Waals surface area contributed by atoms with E-state index in [0.717, 1.165) is 17.6 Å². The molecule has 28 heavy (non-hydrogen) atoms. The van der Waals surface area contributed by atoms with Crippen molar-refractivity contribution < 1.29 is 23.7 Å². The van der Waals surface area contributed by atoms with Gasteiger partial charge in [-0.3, -0.25) is 0 Å². The van der Waals surface area contributed by atoms with E-state index in [4.69, 9.17) is 18.6 Å². The van der Waals surface area contributed by atoms with E-state index < -0.39 is 6.23 Å². The van der Waals surface area contributed by atoms with Crippen LogP contribution in [0.5, 0.6) is 17.2 Å². The SMILES string of the molecule is COc1cc2c(N3CCC(c4ccco4)CC3O)ncnc2c(OC)c1OC. The van der Waals surface area contributed by atoms with E-state index in [9.17, 15) is 5.11 Å². The van der Waals surface area contributed by atoms with Crippen molar-refractivity contribution in [2.75, 3.05) is 32.8 Å². The van der Waals surface area contributed by atoms with Crippen LogP contribution in [-0.4, -0.2) is 49.2 Å². The molecular weight excluding hydrogens is 362 g/mol. The van der Waals surface area contributed by atoms with Gasteiger partial charge in [0.2, 0.25) is 5.75 Å². The molecule has 8 nitrogen and oxygen atoms in total. The largest absolute Gasteiger partial charge is 0.493 e. The first-order chi connectivity index (χ1) is 13.7. The molecule has 3 heterocycles. The number of ether oxygens (including phenoxy) is 3. The minimum absolute atomic E-state index is 0.179. The lowest BCUT2D eigenvalue weighted by Gasteiger charge is -2.37. The average Bonchev–Trinajstić information content (AvgIpc) is 3.26. The lowest BCUT2D eigenvalue weighted by Crippen LogP contribution is -2.42. The first-order valence-corrected chi connectivity index (χ1v) is 9.09. The van der Waals surface area contributed by atoms with Gasteiger partial charge in [0.15, 0.2) is 11.5 Å². The summed E-state index contributed by atoms with van der Waals surface area (Å²) in [4.78, 5) is 10.7. The van der Waals surface area contributed by atoms with Gasteiger partial charge in [-0.25, -0.2) is 9.97 Å². The Hall–Kier alpha value is -3.00. The van der Waals surface area contributed by atoms with Gasteiger partial charge in [-0.15, -0.1) is 0 Å². The molecule has 0 aliphatic carbocycles. The Morgan fingerprint density at radius 1 is 1.14 bits per heavy atom. The summed E-state index contributed by atoms with van der Waals surface area (Å²) >= 11 is 0. The first kappa shape index (κ1) is 18.4. The van der Waals surface area contributed by atoms with Crippen molar-refractivity contribution in [3.8, 4) is 17.2 Å². The maximum absolute atomic E-state index is 10.8. The van der Waals surface area contributed by atoms with Crippen LogP contribution >= 0.6 is 0 Å². The molecule has 2 unspecified atom stereocenters. The van der Waals surface area contributed by atoms with Gasteiger partial charge < -0.3 is 28.6 Å². The number of aliphatic hydroxyl groups excluding tert-OH is 1. The smallest absolute Gasteiger partial charge is 0.205 e. The molecule has 4 rings (SSSR count). The summed E-state index contributed by atoms with van der Waals surface area (Å²) in [6.07, 6.45) is 3.85. The van der Waals surface area contributed by atoms with Crippen molar-refractivity contribution in [2.24, 2.45) is 0 Å². The van der Waals surface area contributed by atoms with Gasteiger partial charge in [0.25, 0.3) is 0 Å². The summed E-state index contributed by atoms with van der Waals surface area (Å²) in [7, 11) is 4.68. The standard InChI is InChI=1S/C20H23N3O5/c1-25-15-10-13-17(19(27-3)18(15)26-2)21-11-22-20(13)23-7-6-12(9-16(23)24)14-5-4-8-28-14/h4-5,8,10-12,16,24H,6-7,9H2,1-3H3. The zero-order chi connectivity index (χ0) is 19.7. The maximum Gasteiger partial charge on any atom is 0.205 e. The van der Waals surface area contributed by atoms with E-state index in [2.05, 4.69) is 9.97 Å². The van der Waals surface area contributed by atoms with Crippen molar-refractivity contribution in [3.05, 3.63) is 36.5 Å². The van der Waals surface area contributed by atoms with Crippen LogP contribution in [0.3, 0.4) is 0 Å². The predicted octanol–water partition coefficient (Wildman–Crippen LogP) is 2.95. The number of aliphatic hydroxyl groups is 1. The number of hydrogen-bond donors (Lipinski definition) is 1. The molecule has 3 aromatic rings. The highest BCUT2D eigenvalue weighted by Gasteiger charge is 2.32. The van der Waals surface area contributed by atoms with Crippen LogP contribution in [0, 0.1) is 0 Å². The van der Waals surface area contributed by atoms with Crippen LogP contribution in [0.25, 0.3) is 10.9 Å². The quantitative estimate of drug-likeness (QED) is 0.717. The van der Waals surface area contributed by atoms with Gasteiger partial charge >= 0.3 is 0 Å². The number of aromatic nitrogens is 2. The summed E-state index contributed by atoms with van der Waals surface area (Å²) < 4.78 is 22.0. The molecule has 8 heteroatoms. The van der Waals surface area contributed by atoms with Crippen molar-refractivity contribution in [2.45, 2.75) is 25.0 Å². The monoisotopic (exact) mass is 385 g/mol. The third-order valence-electron chi connectivity index (χ3n) is 5.20. The van der Waals surface area contributed by atoms with E-state index in [1.165, 1.54) is 6.33 Å². The molecule has 0 amide bonds. The molecule has 1 aliphatic heterocycles. The van der Waals surface area contributed by atoms with Gasteiger partial charge in [-0.1, -0.05) is 0 Å². The molecule has 0 spiro atoms. The van der Waals surface area contributed by atoms with Crippen LogP contribution in [0.4, 0.5) is 5.82 Å². The third-order valence-corrected chi connectivity index (χ3v) is 5.20. The van der Waals surface area contributed by atoms with Gasteiger partial charge in [0.05, 0.1) is 33.0 Å². The van der Waals surface area contributed by atoms with E-state index in [1.54, 1.807) is 27.6 Å². The van der Waals surface area contributed by atoms with Gasteiger partial charge in [0.1, 0.15) is 29.7 Å². The Kier molecular flexibility index (Phi) is 4.95. The number of anilines is 1. The molecule has 0 bridgehead atoms. The Labute approximate surface area is 162 Å². The van der Waals surface area contributed by atoms with Crippen molar-refractivity contribution in [1.29, 1.82) is 0 Å². The molecule has 148 valence electrons. The number of benzene rings is 1. The first-order valence-electron chi connectivity index (χ1n) is 9.09. The summed E-state index contributed by atoms with van der Waals surface area (Å²) in [6.45, 7) is 0.634. The minimum Gasteiger partial charge on any atom is -0.493 e. The van der Waals surface area contributed by atoms with Gasteiger partial charge in [-0.05, 0) is 24.6 Å². The lowest BCUT2D eigenvalue weighted by molar-refractivity contribution is 0.124. The molecule has 1 aliphatic rings. The van der Waals surface area contributed by atoms with Crippen LogP contribution in [0.2, 0.25) is 0 Å². The van der Waals surface area contributed by atoms with Gasteiger partial charge in [0, 0.05) is 18.9 Å². The number of rotatable bonds is 5. The number of methoxy groups -OCH3 is 3. The second kappa shape index (κ2) is 7.55. The van der Waals surface area contributed by atoms with E-state index in [-0.39, 0.29) is 5.92 Å². The normalized spacial score (nSPS) is 19.6. The zero-order valence-corrected chi connectivity index (χ0v) is 16.1.